The maximum Gasteiger partial charge on any atom is 0.179 e. The van der Waals surface area contributed by atoms with Gasteiger partial charge >= 0.3 is 0 Å². The number of aryl methyl sites for hydroxylation is 3. The van der Waals surface area contributed by atoms with Crippen molar-refractivity contribution < 1.29 is 0 Å². The second-order valence-electron chi connectivity index (χ2n) is 4.80. The summed E-state index contributed by atoms with van der Waals surface area (Å²) < 4.78 is 0. The molecule has 0 unspecified atom stereocenters. The molecule has 0 atom stereocenters. The molecule has 3 rings (SSSR count). The molecule has 0 saturated heterocycles. The van der Waals surface area contributed by atoms with Gasteiger partial charge in [-0.25, -0.2) is 9.97 Å². The Morgan fingerprint density at radius 1 is 1.05 bits per heavy atom. The number of aromatic amines is 1. The lowest BCUT2D eigenvalue weighted by molar-refractivity contribution is 0.888. The van der Waals surface area contributed by atoms with Crippen molar-refractivity contribution in [3.63, 3.8) is 0 Å². The topological polar surface area (TPSA) is 41.6 Å². The van der Waals surface area contributed by atoms with E-state index < -0.39 is 0 Å². The summed E-state index contributed by atoms with van der Waals surface area (Å²) in [6.07, 6.45) is 1.76. The van der Waals surface area contributed by atoms with Crippen LogP contribution >= 0.6 is 23.2 Å². The molecule has 0 bridgehead atoms. The monoisotopic (exact) mass is 305 g/mol. The minimum absolute atomic E-state index is 0.288. The number of hydrogen-bond donors (Lipinski definition) is 1. The average Bonchev–Trinajstić information content (AvgIpc) is 2.80. The summed E-state index contributed by atoms with van der Waals surface area (Å²) in [5, 5.41) is 0.726. The quantitative estimate of drug-likeness (QED) is 0.731. The number of imidazole rings is 1. The first kappa shape index (κ1) is 13.4. The highest BCUT2D eigenvalue weighted by molar-refractivity contribution is 6.41. The van der Waals surface area contributed by atoms with Gasteiger partial charge in [-0.05, 0) is 25.0 Å². The van der Waals surface area contributed by atoms with Crippen LogP contribution in [0.2, 0.25) is 10.2 Å². The molecule has 0 aliphatic heterocycles. The van der Waals surface area contributed by atoms with Gasteiger partial charge in [-0.15, -0.1) is 0 Å². The second-order valence-corrected chi connectivity index (χ2v) is 5.57. The van der Waals surface area contributed by atoms with Gasteiger partial charge in [0.05, 0.1) is 10.5 Å². The van der Waals surface area contributed by atoms with Crippen LogP contribution in [-0.2, 0) is 12.8 Å². The van der Waals surface area contributed by atoms with Gasteiger partial charge < -0.3 is 4.98 Å². The van der Waals surface area contributed by atoms with Gasteiger partial charge in [-0.1, -0.05) is 53.0 Å². The Bertz CT molecular complexity index is 709. The predicted molar refractivity (Wildman–Crippen MR) is 82.5 cm³/mol. The summed E-state index contributed by atoms with van der Waals surface area (Å²) >= 11 is 11.8. The molecule has 0 radical (unpaired) electrons. The third-order valence-corrected chi connectivity index (χ3v) is 3.88. The summed E-state index contributed by atoms with van der Waals surface area (Å²) in [6.45, 7) is 2.09. The Balaban J connectivity index is 1.79. The van der Waals surface area contributed by atoms with Crippen molar-refractivity contribution in [1.29, 1.82) is 0 Å². The highest BCUT2D eigenvalue weighted by Crippen LogP contribution is 2.23. The molecule has 20 heavy (non-hydrogen) atoms. The van der Waals surface area contributed by atoms with Gasteiger partial charge in [0.1, 0.15) is 11.0 Å². The Hall–Kier alpha value is -1.58. The average molecular weight is 306 g/mol. The number of benzene rings is 1. The van der Waals surface area contributed by atoms with Crippen molar-refractivity contribution in [2.75, 3.05) is 0 Å². The van der Waals surface area contributed by atoms with Crippen LogP contribution in [0.3, 0.4) is 0 Å². The molecule has 5 heteroatoms. The number of H-pyrrole nitrogens is 1. The second kappa shape index (κ2) is 5.43. The number of aromatic nitrogens is 3. The van der Waals surface area contributed by atoms with Gasteiger partial charge in [0, 0.05) is 6.42 Å². The van der Waals surface area contributed by atoms with Gasteiger partial charge in [0.25, 0.3) is 0 Å². The minimum atomic E-state index is 0.288. The molecular weight excluding hydrogens is 293 g/mol. The Kier molecular flexibility index (Phi) is 3.64. The zero-order valence-corrected chi connectivity index (χ0v) is 12.5. The first-order valence-corrected chi connectivity index (χ1v) is 7.13. The summed E-state index contributed by atoms with van der Waals surface area (Å²) in [7, 11) is 0. The molecule has 2 heterocycles. The predicted octanol–water partition coefficient (Wildman–Crippen LogP) is 4.36. The van der Waals surface area contributed by atoms with Gasteiger partial charge in [0.15, 0.2) is 5.65 Å². The van der Waals surface area contributed by atoms with E-state index in [4.69, 9.17) is 23.2 Å². The lowest BCUT2D eigenvalue weighted by Crippen LogP contribution is -1.93. The van der Waals surface area contributed by atoms with Crippen molar-refractivity contribution in [2.45, 2.75) is 19.8 Å². The van der Waals surface area contributed by atoms with Crippen molar-refractivity contribution in [3.05, 3.63) is 57.5 Å². The zero-order valence-electron chi connectivity index (χ0n) is 11.0. The van der Waals surface area contributed by atoms with Gasteiger partial charge in [0.2, 0.25) is 0 Å². The summed E-state index contributed by atoms with van der Waals surface area (Å²) in [4.78, 5) is 11.8. The first-order valence-electron chi connectivity index (χ1n) is 6.38. The molecule has 0 aliphatic carbocycles. The summed E-state index contributed by atoms with van der Waals surface area (Å²) in [5.74, 6) is 0.895. The lowest BCUT2D eigenvalue weighted by Gasteiger charge is -1.99. The van der Waals surface area contributed by atoms with E-state index in [1.165, 1.54) is 11.1 Å². The van der Waals surface area contributed by atoms with Crippen LogP contribution in [0.15, 0.2) is 30.3 Å². The number of nitrogens with one attached hydrogen (secondary N) is 1. The molecule has 0 spiro atoms. The van der Waals surface area contributed by atoms with E-state index in [1.807, 2.05) is 0 Å². The van der Waals surface area contributed by atoms with E-state index >= 15 is 0 Å². The fourth-order valence-electron chi connectivity index (χ4n) is 2.08. The van der Waals surface area contributed by atoms with Crippen molar-refractivity contribution in [2.24, 2.45) is 0 Å². The van der Waals surface area contributed by atoms with E-state index in [0.717, 1.165) is 24.2 Å². The fourth-order valence-corrected chi connectivity index (χ4v) is 2.37. The highest BCUT2D eigenvalue weighted by atomic mass is 35.5. The third kappa shape index (κ3) is 2.79. The van der Waals surface area contributed by atoms with E-state index in [9.17, 15) is 0 Å². The normalized spacial score (nSPS) is 11.2. The fraction of sp³-hybridized carbons (Fsp3) is 0.200. The maximum absolute atomic E-state index is 5.94. The molecular formula is C15H13Cl2N3. The van der Waals surface area contributed by atoms with Crippen LogP contribution in [0, 0.1) is 6.92 Å². The Labute approximate surface area is 127 Å². The zero-order chi connectivity index (χ0) is 14.1. The molecule has 0 amide bonds. The number of hydrogen-bond acceptors (Lipinski definition) is 2. The summed E-state index contributed by atoms with van der Waals surface area (Å²) in [5.41, 5.74) is 3.99. The summed E-state index contributed by atoms with van der Waals surface area (Å²) in [6, 6.07) is 10.3. The van der Waals surface area contributed by atoms with Crippen LogP contribution < -0.4 is 0 Å². The molecule has 1 N–H and O–H groups in total. The number of rotatable bonds is 3. The Morgan fingerprint density at radius 2 is 1.80 bits per heavy atom. The van der Waals surface area contributed by atoms with Crippen molar-refractivity contribution in [1.82, 2.24) is 15.0 Å². The smallest absolute Gasteiger partial charge is 0.179 e. The SMILES string of the molecule is Cc1ccc(CCc2nc3nc(Cl)c(Cl)cc3[nH]2)cc1. The molecule has 3 aromatic rings. The Morgan fingerprint density at radius 3 is 2.55 bits per heavy atom. The van der Waals surface area contributed by atoms with Gasteiger partial charge in [-0.3, -0.25) is 0 Å². The lowest BCUT2D eigenvalue weighted by atomic mass is 10.1. The van der Waals surface area contributed by atoms with Crippen LogP contribution in [0.25, 0.3) is 11.2 Å². The van der Waals surface area contributed by atoms with Crippen LogP contribution in [-0.4, -0.2) is 15.0 Å². The minimum Gasteiger partial charge on any atom is -0.341 e. The molecule has 2 aromatic heterocycles. The van der Waals surface area contributed by atoms with Crippen LogP contribution in [0.1, 0.15) is 17.0 Å². The largest absolute Gasteiger partial charge is 0.341 e. The maximum atomic E-state index is 5.94. The molecule has 3 nitrogen and oxygen atoms in total. The van der Waals surface area contributed by atoms with Crippen LogP contribution in [0.4, 0.5) is 0 Å². The van der Waals surface area contributed by atoms with Crippen LogP contribution in [0.5, 0.6) is 0 Å². The van der Waals surface area contributed by atoms with E-state index in [1.54, 1.807) is 6.07 Å². The molecule has 0 aliphatic rings. The number of fused-ring (bicyclic) bond motifs is 1. The van der Waals surface area contributed by atoms with Crippen molar-refractivity contribution >= 4 is 34.4 Å². The van der Waals surface area contributed by atoms with E-state index in [2.05, 4.69) is 46.1 Å². The van der Waals surface area contributed by atoms with E-state index in [-0.39, 0.29) is 5.15 Å². The van der Waals surface area contributed by atoms with E-state index in [0.29, 0.717) is 10.7 Å². The first-order chi connectivity index (χ1) is 9.61. The molecule has 0 fully saturated rings. The molecule has 102 valence electrons. The highest BCUT2D eigenvalue weighted by Gasteiger charge is 2.08. The molecule has 0 saturated carbocycles. The van der Waals surface area contributed by atoms with Gasteiger partial charge in [-0.2, -0.15) is 0 Å². The third-order valence-electron chi connectivity index (χ3n) is 3.20. The number of halogens is 2. The number of nitrogens with zero attached hydrogens (tertiary/aromatic N) is 2. The molecule has 1 aromatic carbocycles. The standard InChI is InChI=1S/C15H13Cl2N3/c1-9-2-4-10(5-3-9)6-7-13-18-12-8-11(16)14(17)20-15(12)19-13/h2-5,8H,6-7H2,1H3,(H,18,19,20). The van der Waals surface area contributed by atoms with Crippen molar-refractivity contribution in [3.8, 4) is 0 Å². The number of pyridine rings is 1.